The van der Waals surface area contributed by atoms with Crippen molar-refractivity contribution in [1.82, 2.24) is 25.1 Å². The number of anilines is 1. The number of allylic oxidation sites excluding steroid dienone is 12. The Hall–Kier alpha value is -6.27. The van der Waals surface area contributed by atoms with Gasteiger partial charge in [-0.2, -0.15) is 4.98 Å². The minimum absolute atomic E-state index is 0.00429. The van der Waals surface area contributed by atoms with Gasteiger partial charge >= 0.3 is 5.97 Å². The zero-order valence-electron chi connectivity index (χ0n) is 64.2. The van der Waals surface area contributed by atoms with E-state index in [2.05, 4.69) is 59.8 Å². The second kappa shape index (κ2) is 27.4. The quantitative estimate of drug-likeness (QED) is 0.0611. The number of ketones is 6. The summed E-state index contributed by atoms with van der Waals surface area (Å²) in [5.74, 6) is -2.04. The number of aliphatic hydroxyl groups is 4. The van der Waals surface area contributed by atoms with Crippen molar-refractivity contribution < 1.29 is 82.5 Å². The van der Waals surface area contributed by atoms with Gasteiger partial charge in [0.15, 0.2) is 63.1 Å². The van der Waals surface area contributed by atoms with Gasteiger partial charge in [0, 0.05) is 61.5 Å². The number of aromatic carboxylic acids is 1. The van der Waals surface area contributed by atoms with Gasteiger partial charge in [0.25, 0.3) is 5.22 Å². The molecule has 5 heterocycles. The first kappa shape index (κ1) is 78.6. The molecule has 23 nitrogen and oxygen atoms in total. The molecule has 9 saturated carbocycles. The molecule has 0 bridgehead atoms. The number of ether oxygens (including phenoxy) is 4. The predicted octanol–water partition coefficient (Wildman–Crippen LogP) is 12.2. The summed E-state index contributed by atoms with van der Waals surface area (Å²) in [5.41, 5.74) is 3.22. The van der Waals surface area contributed by atoms with Gasteiger partial charge in [-0.05, 0) is 213 Å². The Labute approximate surface area is 662 Å². The van der Waals surface area contributed by atoms with E-state index in [0.717, 1.165) is 73.4 Å². The molecule has 0 radical (unpaired) electrons. The maximum Gasteiger partial charge on any atom is 0.337 e. The molecule has 18 rings (SSSR count). The first-order valence-electron chi connectivity index (χ1n) is 39.0. The molecule has 0 amide bonds. The van der Waals surface area contributed by atoms with E-state index in [9.17, 15) is 54.0 Å². The van der Waals surface area contributed by atoms with Crippen LogP contribution in [0.25, 0.3) is 11.1 Å². The highest BCUT2D eigenvalue weighted by Crippen LogP contribution is 2.74. The van der Waals surface area contributed by atoms with Gasteiger partial charge in [-0.3, -0.25) is 28.8 Å². The summed E-state index contributed by atoms with van der Waals surface area (Å²) in [6.07, 6.45) is 23.3. The Balaban J connectivity index is 0.000000127. The number of carbonyl (C=O) groups is 7. The third kappa shape index (κ3) is 12.3. The molecular formula is C84H99ClN6O17S3. The molecule has 23 atom stereocenters. The van der Waals surface area contributed by atoms with Crippen molar-refractivity contribution in [3.8, 4) is 0 Å². The predicted molar refractivity (Wildman–Crippen MR) is 413 cm³/mol. The Morgan fingerprint density at radius 2 is 1.06 bits per heavy atom. The maximum absolute atomic E-state index is 14.4. The number of hydrogen-bond donors (Lipinski definition) is 7. The molecule has 12 aliphatic carbocycles. The van der Waals surface area contributed by atoms with Crippen LogP contribution >= 0.6 is 46.9 Å². The molecule has 0 spiro atoms. The lowest BCUT2D eigenvalue weighted by atomic mass is 9.46. The van der Waals surface area contributed by atoms with E-state index in [1.54, 1.807) is 60.7 Å². The monoisotopic (exact) mass is 1590 g/mol. The van der Waals surface area contributed by atoms with E-state index in [1.165, 1.54) is 35.8 Å². The Morgan fingerprint density at radius 1 is 0.595 bits per heavy atom. The molecular weight excluding hydrogens is 1500 g/mol. The number of nitrogen functional groups attached to an aromatic ring is 1. The van der Waals surface area contributed by atoms with Crippen LogP contribution in [0.1, 0.15) is 163 Å². The number of H-pyrrole nitrogens is 1. The summed E-state index contributed by atoms with van der Waals surface area (Å²) in [6, 6.07) is 8.34. The zero-order chi connectivity index (χ0) is 79.1. The minimum Gasteiger partial charge on any atom is -0.478 e. The van der Waals surface area contributed by atoms with Crippen molar-refractivity contribution in [3.63, 3.8) is 0 Å². The molecule has 14 aliphatic rings. The first-order chi connectivity index (χ1) is 52.2. The molecule has 3 aromatic heterocycles. The molecule has 111 heavy (non-hydrogen) atoms. The second-order valence-corrected chi connectivity index (χ2v) is 39.4. The molecule has 8 N–H and O–H groups in total. The lowest BCUT2D eigenvalue weighted by molar-refractivity contribution is -0.223. The lowest BCUT2D eigenvalue weighted by Crippen LogP contribution is -2.63. The SMILES string of the molecule is CC1(C)O[C@@H]2CC3C4CCC5=CC(=O)C=CC5(C)C4[C@@H](O)CC3(C)[C@]2(C(=O)CSc2ccc(C(=O)O)cn2)O1.CC1(C)O[C@@H]2CC3C4CCC5=CC(=O)C=CC5(C)C4[C@@H](O)CC3(C)[C@]2(C(=O)CSc2nc3cc(Cl)ccc3o2)O1.CC12C=CC(=O)C=C1CCC1C2[C@@H](O)CC2(C)C1CC[C@]2(O)C(=O)CSc1n[nH]c(N)n1. The second-order valence-electron chi connectivity index (χ2n) is 36.1. The van der Waals surface area contributed by atoms with Gasteiger partial charge in [0.2, 0.25) is 11.1 Å². The Morgan fingerprint density at radius 3 is 1.52 bits per heavy atom. The van der Waals surface area contributed by atoms with Crippen LogP contribution in [0.15, 0.2) is 128 Å². The summed E-state index contributed by atoms with van der Waals surface area (Å²) < 4.78 is 32.1. The van der Waals surface area contributed by atoms with Gasteiger partial charge in [0.1, 0.15) is 11.1 Å². The number of halogens is 1. The van der Waals surface area contributed by atoms with Crippen molar-refractivity contribution in [1.29, 1.82) is 0 Å². The third-order valence-electron chi connectivity index (χ3n) is 29.7. The van der Waals surface area contributed by atoms with Crippen LogP contribution in [0.3, 0.4) is 0 Å². The number of nitrogens with one attached hydrogen (secondary N) is 1. The van der Waals surface area contributed by atoms with E-state index >= 15 is 0 Å². The number of rotatable bonds is 13. The van der Waals surface area contributed by atoms with Crippen LogP contribution in [-0.2, 0) is 47.7 Å². The average Bonchev–Trinajstić information content (AvgIpc) is 1.52. The molecule has 592 valence electrons. The Kier molecular flexibility index (Phi) is 19.4. The number of fused-ring (bicyclic) bond motifs is 20. The van der Waals surface area contributed by atoms with Gasteiger partial charge in [-0.1, -0.05) is 123 Å². The van der Waals surface area contributed by atoms with E-state index in [1.807, 2.05) is 52.8 Å². The van der Waals surface area contributed by atoms with Crippen molar-refractivity contribution in [2.75, 3.05) is 23.0 Å². The van der Waals surface area contributed by atoms with Gasteiger partial charge in [-0.15, -0.1) is 5.10 Å². The zero-order valence-corrected chi connectivity index (χ0v) is 67.4. The number of aliphatic hydroxyl groups excluding tert-OH is 3. The normalized spacial score (nSPS) is 41.9. The van der Waals surface area contributed by atoms with Gasteiger partial charge in [-0.25, -0.2) is 19.9 Å². The van der Waals surface area contributed by atoms with Gasteiger partial charge in [0.05, 0.1) is 58.4 Å². The van der Waals surface area contributed by atoms with E-state index in [4.69, 9.17) is 45.8 Å². The molecule has 27 heteroatoms. The van der Waals surface area contributed by atoms with Gasteiger partial charge < -0.3 is 54.6 Å². The smallest absolute Gasteiger partial charge is 0.337 e. The summed E-state index contributed by atoms with van der Waals surface area (Å²) in [4.78, 5) is 102. The summed E-state index contributed by atoms with van der Waals surface area (Å²) >= 11 is 9.77. The number of pyridine rings is 1. The standard InChI is InChI=1S/C31H34ClNO6S.C30H35NO7S.C23H30N4O4S/c1-28(2)38-25-13-20-19-7-5-16-11-18(34)9-10-29(16,3)26(19)22(35)14-30(20,4)31(25,39-28)24(36)15-40-27-33-21-12-17(32)6-8-23(21)37-27;1-27(2)37-23-12-20-19-7-6-17-11-18(32)9-10-28(17,3)25(19)21(33)13-29(20,4)30(23,38-27)22(34)15-39-24-8-5-16(14-31-24)26(35)36;1-21-7-5-13(28)9-12(21)3-4-14-15-6-8-23(31,22(15,2)10-16(29)18(14)21)17(30)11-32-20-25-19(24)26-27-20/h6,8-12,19-20,22,25-26,35H,5,7,13-15H2,1-4H3;5,8-11,14,19-21,23,25,33H,6-7,12-13,15H2,1-4H3,(H,35,36);5,7,9,14-16,18,29,31H,3-4,6,8,10-11H2,1-2H3,(H3,24,25,26,27)/t19?,20?,22-,25+,26?,29?,30?,31+;19?,20?,21-,23+,25?,28?,29?,30+;14?,15?,16-,18?,21?,22?,23-/m000/s1. The fourth-order valence-corrected chi connectivity index (χ4v) is 27.7. The van der Waals surface area contributed by atoms with Crippen LogP contribution in [-0.4, -0.2) is 168 Å². The largest absolute Gasteiger partial charge is 0.478 e. The summed E-state index contributed by atoms with van der Waals surface area (Å²) in [6.45, 7) is 20.0. The Bertz CT molecular complexity index is 4760. The fourth-order valence-electron chi connectivity index (χ4n) is 25.2. The number of thioether (sulfide) groups is 3. The average molecular weight is 1600 g/mol. The maximum atomic E-state index is 14.4. The van der Waals surface area contributed by atoms with Crippen LogP contribution in [0.4, 0.5) is 5.95 Å². The molecule has 1 aromatic carbocycles. The number of Topliss-reactive ketones (excluding diaryl/α,β-unsaturated/α-hetero) is 3. The molecule has 11 fully saturated rings. The summed E-state index contributed by atoms with van der Waals surface area (Å²) in [7, 11) is 0. The highest BCUT2D eigenvalue weighted by Gasteiger charge is 2.79. The van der Waals surface area contributed by atoms with Crippen molar-refractivity contribution in [2.24, 2.45) is 85.8 Å². The number of nitrogens with zero attached hydrogens (tertiary/aromatic N) is 4. The first-order valence-corrected chi connectivity index (χ1v) is 42.4. The van der Waals surface area contributed by atoms with Crippen LogP contribution < -0.4 is 5.73 Å². The topological polar surface area (TPSA) is 364 Å². The van der Waals surface area contributed by atoms with E-state index in [0.29, 0.717) is 70.1 Å². The fraction of sp³-hybridized carbons (Fsp3) is 0.607. The summed E-state index contributed by atoms with van der Waals surface area (Å²) in [5, 5.41) is 64.3. The number of hydrogen-bond acceptors (Lipinski definition) is 24. The number of carboxylic acids is 1. The molecule has 15 unspecified atom stereocenters. The van der Waals surface area contributed by atoms with E-state index in [-0.39, 0.29) is 128 Å². The number of carbonyl (C=O) groups excluding carboxylic acids is 6. The number of aromatic nitrogens is 5. The number of nitrogens with two attached hydrogens (primary N) is 1. The number of benzene rings is 1. The lowest BCUT2D eigenvalue weighted by Gasteiger charge is -2.60. The third-order valence-corrected chi connectivity index (χ3v) is 32.6. The number of carboxylic acid groups (broad SMARTS) is 1. The van der Waals surface area contributed by atoms with Crippen molar-refractivity contribution in [2.45, 2.75) is 227 Å². The van der Waals surface area contributed by atoms with Crippen LogP contribution in [0.5, 0.6) is 0 Å². The van der Waals surface area contributed by atoms with Crippen LogP contribution in [0.2, 0.25) is 5.02 Å². The highest BCUT2D eigenvalue weighted by atomic mass is 35.5. The molecule has 4 aromatic rings. The van der Waals surface area contributed by atoms with Crippen molar-refractivity contribution in [3.05, 3.63) is 119 Å². The minimum atomic E-state index is -1.49. The van der Waals surface area contributed by atoms with Crippen molar-refractivity contribution >= 4 is 105 Å². The van der Waals surface area contributed by atoms with E-state index < -0.39 is 86.5 Å². The molecule has 2 aliphatic heterocycles. The number of aromatic amines is 1. The van der Waals surface area contributed by atoms with Crippen LogP contribution in [0, 0.1) is 85.8 Å². The number of oxazole rings is 1. The molecule has 2 saturated heterocycles. The highest BCUT2D eigenvalue weighted by molar-refractivity contribution is 8.00.